The molecule has 0 aliphatic carbocycles. The summed E-state index contributed by atoms with van der Waals surface area (Å²) in [5.41, 5.74) is 14.8. The van der Waals surface area contributed by atoms with Crippen LogP contribution in [0.3, 0.4) is 0 Å². The molecule has 5 rings (SSSR count). The number of unbranched alkanes of at least 4 members (excludes halogenated alkanes) is 2. The van der Waals surface area contributed by atoms with Crippen molar-refractivity contribution in [3.63, 3.8) is 0 Å². The first kappa shape index (κ1) is 62.4. The molecule has 6 amide bonds. The van der Waals surface area contributed by atoms with Crippen LogP contribution in [0.4, 0.5) is 26.3 Å². The van der Waals surface area contributed by atoms with Crippen molar-refractivity contribution >= 4 is 47.4 Å². The van der Waals surface area contributed by atoms with Crippen molar-refractivity contribution in [2.24, 2.45) is 11.5 Å². The molecular weight excluding hydrogens is 1010 g/mol. The van der Waals surface area contributed by atoms with E-state index in [0.717, 1.165) is 22.3 Å². The summed E-state index contributed by atoms with van der Waals surface area (Å²) in [5, 5.41) is 14.2. The Morgan fingerprint density at radius 3 is 0.737 bits per heavy atom. The number of carbonyl (C=O) groups excluding carboxylic acids is 6. The van der Waals surface area contributed by atoms with Gasteiger partial charge in [-0.25, -0.2) is 9.59 Å². The molecule has 4 aromatic rings. The number of alkyl halides is 6. The predicted molar refractivity (Wildman–Crippen MR) is 265 cm³/mol. The Bertz CT molecular complexity index is 2230. The van der Waals surface area contributed by atoms with Gasteiger partial charge in [0.25, 0.3) is 0 Å². The van der Waals surface area contributed by atoms with Crippen LogP contribution in [0.15, 0.2) is 121 Å². The first-order valence-corrected chi connectivity index (χ1v) is 23.8. The number of amides is 6. The van der Waals surface area contributed by atoms with Crippen LogP contribution >= 0.6 is 0 Å². The maximum Gasteiger partial charge on any atom is 0.490 e. The number of carboxylic acids is 2. The van der Waals surface area contributed by atoms with Crippen LogP contribution in [0, 0.1) is 0 Å². The van der Waals surface area contributed by atoms with Gasteiger partial charge < -0.3 is 51.1 Å². The van der Waals surface area contributed by atoms with Gasteiger partial charge in [-0.15, -0.1) is 0 Å². The quantitative estimate of drug-likeness (QED) is 0.0894. The highest BCUT2D eigenvalue weighted by Gasteiger charge is 2.39. The predicted octanol–water partition coefficient (Wildman–Crippen LogP) is 4.52. The smallest absolute Gasteiger partial charge is 0.475 e. The average molecular weight is 1070 g/mol. The molecule has 0 unspecified atom stereocenters. The molecule has 1 heterocycles. The van der Waals surface area contributed by atoms with E-state index in [0.29, 0.717) is 38.8 Å². The van der Waals surface area contributed by atoms with Gasteiger partial charge in [-0.1, -0.05) is 121 Å². The van der Waals surface area contributed by atoms with Crippen molar-refractivity contribution < 1.29 is 74.9 Å². The third kappa shape index (κ3) is 23.1. The summed E-state index contributed by atoms with van der Waals surface area (Å²) in [6.07, 6.45) is -7.96. The summed E-state index contributed by atoms with van der Waals surface area (Å²) in [5.74, 6) is -8.34. The number of benzene rings is 4. The van der Waals surface area contributed by atoms with Crippen LogP contribution < -0.4 is 11.5 Å². The lowest BCUT2D eigenvalue weighted by atomic mass is 10.1. The monoisotopic (exact) mass is 1070 g/mol. The third-order valence-electron chi connectivity index (χ3n) is 11.2. The topological polar surface area (TPSA) is 248 Å². The molecular formula is C52H62F6N8O10. The lowest BCUT2D eigenvalue weighted by molar-refractivity contribution is -0.193. The number of carbonyl (C=O) groups is 8. The van der Waals surface area contributed by atoms with Crippen LogP contribution in [-0.4, -0.2) is 165 Å². The van der Waals surface area contributed by atoms with E-state index in [2.05, 4.69) is 0 Å². The highest BCUT2D eigenvalue weighted by molar-refractivity contribution is 5.94. The molecule has 1 aliphatic rings. The van der Waals surface area contributed by atoms with E-state index in [-0.39, 0.29) is 78.5 Å². The molecule has 0 spiro atoms. The number of carboxylic acid groups (broad SMARTS) is 2. The van der Waals surface area contributed by atoms with E-state index < -0.39 is 59.7 Å². The van der Waals surface area contributed by atoms with Crippen LogP contribution in [0.1, 0.15) is 47.9 Å². The number of hydrogen-bond donors (Lipinski definition) is 4. The highest BCUT2D eigenvalue weighted by Crippen LogP contribution is 2.17. The standard InChI is InChI=1S/C48H60N8O6.2C2HF3O2/c49-25-13-15-27-51-33-46(60)56(32-42-23-11-4-12-24-42)38-48(62)54(30-40-19-7-2-8-20-40)36-44(58)52(28-16-14-26-50)34-45(59)55(31-41-21-9-3-10-22-41)37-47(61)53(35-43(51)57)29-39-17-5-1-6-18-39;2*3-2(4,5)1(6)7/h1-12,17-24H,13-16,25-38,49-50H2;2*(H,6,7). The zero-order valence-corrected chi connectivity index (χ0v) is 41.5. The minimum Gasteiger partial charge on any atom is -0.475 e. The van der Waals surface area contributed by atoms with Gasteiger partial charge in [-0.05, 0) is 61.0 Å². The summed E-state index contributed by atoms with van der Waals surface area (Å²) >= 11 is 0. The molecule has 6 N–H and O–H groups in total. The Balaban J connectivity index is 0.000000953. The Hall–Kier alpha value is -7.86. The molecule has 1 saturated heterocycles. The van der Waals surface area contributed by atoms with Crippen LogP contribution in [-0.2, 0) is 64.5 Å². The largest absolute Gasteiger partial charge is 0.490 e. The summed E-state index contributed by atoms with van der Waals surface area (Å²) in [6.45, 7) is -0.802. The van der Waals surface area contributed by atoms with Crippen LogP contribution in [0.5, 0.6) is 0 Å². The molecule has 4 aromatic carbocycles. The van der Waals surface area contributed by atoms with Crippen molar-refractivity contribution in [2.75, 3.05) is 65.4 Å². The summed E-state index contributed by atoms with van der Waals surface area (Å²) in [4.78, 5) is 113. The second-order valence-electron chi connectivity index (χ2n) is 17.2. The molecule has 1 aliphatic heterocycles. The highest BCUT2D eigenvalue weighted by atomic mass is 19.4. The summed E-state index contributed by atoms with van der Waals surface area (Å²) < 4.78 is 63.5. The van der Waals surface area contributed by atoms with Gasteiger partial charge in [-0.3, -0.25) is 28.8 Å². The molecule has 412 valence electrons. The molecule has 0 atom stereocenters. The fraction of sp³-hybridized carbons (Fsp3) is 0.385. The van der Waals surface area contributed by atoms with Crippen LogP contribution in [0.25, 0.3) is 0 Å². The Morgan fingerprint density at radius 1 is 0.368 bits per heavy atom. The zero-order valence-electron chi connectivity index (χ0n) is 41.5. The number of aliphatic carboxylic acids is 2. The Morgan fingerprint density at radius 2 is 0.553 bits per heavy atom. The number of nitrogens with two attached hydrogens (primary N) is 2. The normalized spacial score (nSPS) is 14.8. The minimum atomic E-state index is -5.08. The van der Waals surface area contributed by atoms with E-state index in [1.807, 2.05) is 121 Å². The Kier molecular flexibility index (Phi) is 26.1. The number of halogens is 6. The second kappa shape index (κ2) is 31.8. The van der Waals surface area contributed by atoms with Crippen molar-refractivity contribution in [2.45, 2.75) is 64.2 Å². The third-order valence-corrected chi connectivity index (χ3v) is 11.2. The first-order chi connectivity index (χ1) is 36.0. The van der Waals surface area contributed by atoms with E-state index in [9.17, 15) is 55.1 Å². The SMILES string of the molecule is NCCCCN1CC(=O)N(Cc2ccccc2)CC(=O)N(Cc2ccccc2)CC(=O)N(CCCCN)CC(=O)N(Cc2ccccc2)CC(=O)N(Cc2ccccc2)CC1=O.O=C(O)C(F)(F)F.O=C(O)C(F)(F)F. The van der Waals surface area contributed by atoms with Crippen molar-refractivity contribution in [1.82, 2.24) is 29.4 Å². The fourth-order valence-corrected chi connectivity index (χ4v) is 7.20. The first-order valence-electron chi connectivity index (χ1n) is 23.8. The lowest BCUT2D eigenvalue weighted by Gasteiger charge is -2.34. The van der Waals surface area contributed by atoms with Crippen molar-refractivity contribution in [3.8, 4) is 0 Å². The van der Waals surface area contributed by atoms with E-state index in [1.165, 1.54) is 29.4 Å². The molecule has 24 heteroatoms. The molecule has 0 saturated carbocycles. The number of rotatable bonds is 16. The van der Waals surface area contributed by atoms with Gasteiger partial charge in [0.05, 0.1) is 13.1 Å². The van der Waals surface area contributed by atoms with Crippen molar-refractivity contribution in [1.29, 1.82) is 0 Å². The van der Waals surface area contributed by atoms with E-state index >= 15 is 0 Å². The van der Waals surface area contributed by atoms with Gasteiger partial charge >= 0.3 is 24.3 Å². The van der Waals surface area contributed by atoms with Gasteiger partial charge in [0.15, 0.2) is 0 Å². The average Bonchev–Trinajstić information content (AvgIpc) is 3.38. The van der Waals surface area contributed by atoms with E-state index in [1.54, 1.807) is 0 Å². The molecule has 1 fully saturated rings. The van der Waals surface area contributed by atoms with E-state index in [4.69, 9.17) is 31.3 Å². The van der Waals surface area contributed by atoms with Crippen molar-refractivity contribution in [3.05, 3.63) is 144 Å². The second-order valence-corrected chi connectivity index (χ2v) is 17.2. The molecule has 18 nitrogen and oxygen atoms in total. The lowest BCUT2D eigenvalue weighted by Crippen LogP contribution is -2.53. The maximum atomic E-state index is 14.5. The minimum absolute atomic E-state index is 0.0684. The molecule has 0 radical (unpaired) electrons. The Labute approximate surface area is 435 Å². The van der Waals surface area contributed by atoms with Gasteiger partial charge in [-0.2, -0.15) is 26.3 Å². The maximum absolute atomic E-state index is 14.5. The van der Waals surface area contributed by atoms with Gasteiger partial charge in [0.1, 0.15) is 26.2 Å². The molecule has 76 heavy (non-hydrogen) atoms. The fourth-order valence-electron chi connectivity index (χ4n) is 7.20. The molecule has 0 aromatic heterocycles. The summed E-state index contributed by atoms with van der Waals surface area (Å²) in [6, 6.07) is 36.9. The number of hydrogen-bond acceptors (Lipinski definition) is 10. The summed E-state index contributed by atoms with van der Waals surface area (Å²) in [7, 11) is 0. The zero-order chi connectivity index (χ0) is 56.3. The van der Waals surface area contributed by atoms with Crippen LogP contribution in [0.2, 0.25) is 0 Å². The van der Waals surface area contributed by atoms with Gasteiger partial charge in [0, 0.05) is 39.3 Å². The number of nitrogens with zero attached hydrogens (tertiary/aromatic N) is 6. The van der Waals surface area contributed by atoms with Gasteiger partial charge in [0.2, 0.25) is 35.4 Å². The molecule has 0 bridgehead atoms.